The van der Waals surface area contributed by atoms with E-state index in [1.165, 1.54) is 56.6 Å². The molecule has 0 spiro atoms. The number of benzene rings is 2. The lowest BCUT2D eigenvalue weighted by molar-refractivity contribution is -0.134. The standard InChI is InChI=1S/C25H20ClNO7S/c1-14(28)33-20-10-4-16(12-21(20)34-15(2)29)5-11-23(30)27-19-13-22(35-24(19)25(31)32-3)17-6-8-18(26)9-7-17/h4-13H,1-3H3,(H,27,30). The van der Waals surface area contributed by atoms with Gasteiger partial charge in [0.05, 0.1) is 12.8 Å². The molecule has 10 heteroatoms. The lowest BCUT2D eigenvalue weighted by Crippen LogP contribution is -2.11. The zero-order valence-electron chi connectivity index (χ0n) is 18.9. The second-order valence-electron chi connectivity index (χ2n) is 7.07. The smallest absolute Gasteiger partial charge is 0.350 e. The van der Waals surface area contributed by atoms with E-state index in [0.29, 0.717) is 16.3 Å². The Bertz CT molecular complexity index is 1310. The monoisotopic (exact) mass is 513 g/mol. The van der Waals surface area contributed by atoms with Crippen molar-refractivity contribution in [1.29, 1.82) is 0 Å². The molecule has 0 aliphatic heterocycles. The van der Waals surface area contributed by atoms with E-state index >= 15 is 0 Å². The molecule has 3 aromatic rings. The lowest BCUT2D eigenvalue weighted by Gasteiger charge is -2.09. The number of methoxy groups -OCH3 is 1. The van der Waals surface area contributed by atoms with E-state index in [1.807, 2.05) is 0 Å². The predicted octanol–water partition coefficient (Wildman–Crippen LogP) is 5.36. The van der Waals surface area contributed by atoms with Gasteiger partial charge in [0.2, 0.25) is 5.91 Å². The van der Waals surface area contributed by atoms with Crippen molar-refractivity contribution in [3.8, 4) is 21.9 Å². The van der Waals surface area contributed by atoms with Crippen molar-refractivity contribution < 1.29 is 33.4 Å². The topological polar surface area (TPSA) is 108 Å². The van der Waals surface area contributed by atoms with E-state index in [1.54, 1.807) is 36.4 Å². The molecule has 0 unspecified atom stereocenters. The minimum absolute atomic E-state index is 0.0358. The summed E-state index contributed by atoms with van der Waals surface area (Å²) in [5.74, 6) is -2.15. The number of nitrogens with one attached hydrogen (secondary N) is 1. The number of rotatable bonds is 7. The van der Waals surface area contributed by atoms with Gasteiger partial charge in [-0.3, -0.25) is 14.4 Å². The Balaban J connectivity index is 1.82. The molecule has 1 N–H and O–H groups in total. The Hall–Kier alpha value is -3.95. The minimum Gasteiger partial charge on any atom is -0.465 e. The summed E-state index contributed by atoms with van der Waals surface area (Å²) in [4.78, 5) is 48.5. The Labute approximate surface area is 210 Å². The van der Waals surface area contributed by atoms with Crippen LogP contribution in [0.4, 0.5) is 5.69 Å². The molecule has 3 rings (SSSR count). The third-order valence-corrected chi connectivity index (χ3v) is 5.81. The molecular weight excluding hydrogens is 494 g/mol. The highest BCUT2D eigenvalue weighted by Crippen LogP contribution is 2.36. The number of thiophene rings is 1. The molecule has 0 aliphatic rings. The van der Waals surface area contributed by atoms with Crippen LogP contribution in [0.3, 0.4) is 0 Å². The molecule has 0 fully saturated rings. The first kappa shape index (κ1) is 25.7. The van der Waals surface area contributed by atoms with Crippen LogP contribution in [0, 0.1) is 0 Å². The maximum Gasteiger partial charge on any atom is 0.350 e. The number of halogens is 1. The average molecular weight is 514 g/mol. The first-order chi connectivity index (χ1) is 16.7. The molecule has 0 saturated carbocycles. The molecule has 0 aliphatic carbocycles. The molecule has 0 atom stereocenters. The second kappa shape index (κ2) is 11.5. The van der Waals surface area contributed by atoms with E-state index in [-0.39, 0.29) is 16.4 Å². The number of amides is 1. The van der Waals surface area contributed by atoms with E-state index in [4.69, 9.17) is 25.8 Å². The number of esters is 3. The van der Waals surface area contributed by atoms with E-state index in [2.05, 4.69) is 5.32 Å². The quantitative estimate of drug-likeness (QED) is 0.257. The fourth-order valence-corrected chi connectivity index (χ4v) is 4.10. The van der Waals surface area contributed by atoms with Gasteiger partial charge in [-0.05, 0) is 47.5 Å². The lowest BCUT2D eigenvalue weighted by atomic mass is 10.1. The molecule has 0 radical (unpaired) electrons. The molecule has 35 heavy (non-hydrogen) atoms. The Morgan fingerprint density at radius 2 is 1.57 bits per heavy atom. The highest BCUT2D eigenvalue weighted by atomic mass is 35.5. The van der Waals surface area contributed by atoms with Gasteiger partial charge in [0.25, 0.3) is 0 Å². The van der Waals surface area contributed by atoms with E-state index in [0.717, 1.165) is 10.4 Å². The summed E-state index contributed by atoms with van der Waals surface area (Å²) in [6.45, 7) is 2.44. The van der Waals surface area contributed by atoms with Crippen molar-refractivity contribution in [3.63, 3.8) is 0 Å². The van der Waals surface area contributed by atoms with Crippen LogP contribution in [0.15, 0.2) is 54.6 Å². The number of anilines is 1. The number of hydrogen-bond donors (Lipinski definition) is 1. The van der Waals surface area contributed by atoms with Crippen LogP contribution in [-0.4, -0.2) is 30.9 Å². The van der Waals surface area contributed by atoms with Gasteiger partial charge in [-0.1, -0.05) is 29.8 Å². The first-order valence-corrected chi connectivity index (χ1v) is 11.3. The van der Waals surface area contributed by atoms with Crippen LogP contribution < -0.4 is 14.8 Å². The van der Waals surface area contributed by atoms with Gasteiger partial charge < -0.3 is 19.5 Å². The highest BCUT2D eigenvalue weighted by molar-refractivity contribution is 7.18. The number of ether oxygens (including phenoxy) is 3. The molecule has 1 heterocycles. The molecule has 0 bridgehead atoms. The first-order valence-electron chi connectivity index (χ1n) is 10.1. The van der Waals surface area contributed by atoms with Crippen LogP contribution >= 0.6 is 22.9 Å². The molecule has 0 saturated heterocycles. The maximum atomic E-state index is 12.6. The number of carbonyl (C=O) groups excluding carboxylic acids is 4. The summed E-state index contributed by atoms with van der Waals surface area (Å²) in [5, 5.41) is 3.26. The molecule has 1 amide bonds. The normalized spacial score (nSPS) is 10.6. The van der Waals surface area contributed by atoms with Crippen molar-refractivity contribution in [2.75, 3.05) is 12.4 Å². The number of carbonyl (C=O) groups is 4. The van der Waals surface area contributed by atoms with Gasteiger partial charge in [0.1, 0.15) is 4.88 Å². The predicted molar refractivity (Wildman–Crippen MR) is 133 cm³/mol. The van der Waals surface area contributed by atoms with Gasteiger partial charge in [0.15, 0.2) is 11.5 Å². The Morgan fingerprint density at radius 1 is 0.914 bits per heavy atom. The molecular formula is C25H20ClNO7S. The number of hydrogen-bond acceptors (Lipinski definition) is 8. The molecule has 180 valence electrons. The fraction of sp³-hybridized carbons (Fsp3) is 0.120. The van der Waals surface area contributed by atoms with Crippen molar-refractivity contribution >= 4 is 58.5 Å². The van der Waals surface area contributed by atoms with Gasteiger partial charge in [-0.2, -0.15) is 0 Å². The maximum absolute atomic E-state index is 12.6. The largest absolute Gasteiger partial charge is 0.465 e. The summed E-state index contributed by atoms with van der Waals surface area (Å²) in [6.07, 6.45) is 2.73. The third-order valence-electron chi connectivity index (χ3n) is 4.39. The van der Waals surface area contributed by atoms with Gasteiger partial charge in [-0.15, -0.1) is 11.3 Å². The molecule has 1 aromatic heterocycles. The summed E-state index contributed by atoms with van der Waals surface area (Å²) >= 11 is 7.12. The van der Waals surface area contributed by atoms with Crippen LogP contribution in [0.25, 0.3) is 16.5 Å². The summed E-state index contributed by atoms with van der Waals surface area (Å²) < 4.78 is 15.0. The van der Waals surface area contributed by atoms with Crippen LogP contribution in [0.5, 0.6) is 11.5 Å². The van der Waals surface area contributed by atoms with Gasteiger partial charge >= 0.3 is 17.9 Å². The molecule has 2 aromatic carbocycles. The average Bonchev–Trinajstić information content (AvgIpc) is 3.22. The van der Waals surface area contributed by atoms with Crippen molar-refractivity contribution in [2.45, 2.75) is 13.8 Å². The van der Waals surface area contributed by atoms with E-state index < -0.39 is 23.8 Å². The summed E-state index contributed by atoms with van der Waals surface area (Å²) in [7, 11) is 1.26. The van der Waals surface area contributed by atoms with Crippen LogP contribution in [-0.2, 0) is 19.1 Å². The van der Waals surface area contributed by atoms with Crippen LogP contribution in [0.2, 0.25) is 5.02 Å². The Morgan fingerprint density at radius 3 is 2.20 bits per heavy atom. The third kappa shape index (κ3) is 7.02. The fourth-order valence-electron chi connectivity index (χ4n) is 2.93. The van der Waals surface area contributed by atoms with Crippen molar-refractivity contribution in [1.82, 2.24) is 0 Å². The minimum atomic E-state index is -0.596. The highest BCUT2D eigenvalue weighted by Gasteiger charge is 2.19. The molecule has 8 nitrogen and oxygen atoms in total. The van der Waals surface area contributed by atoms with Crippen LogP contribution in [0.1, 0.15) is 29.1 Å². The van der Waals surface area contributed by atoms with Gasteiger partial charge in [-0.25, -0.2) is 4.79 Å². The van der Waals surface area contributed by atoms with Crippen molar-refractivity contribution in [2.24, 2.45) is 0 Å². The SMILES string of the molecule is COC(=O)c1sc(-c2ccc(Cl)cc2)cc1NC(=O)C=Cc1ccc(OC(C)=O)c(OC(C)=O)c1. The second-order valence-corrected chi connectivity index (χ2v) is 8.56. The van der Waals surface area contributed by atoms with Crippen molar-refractivity contribution in [3.05, 3.63) is 70.1 Å². The summed E-state index contributed by atoms with van der Waals surface area (Å²) in [5.41, 5.74) is 1.63. The Kier molecular flexibility index (Phi) is 8.40. The van der Waals surface area contributed by atoms with Gasteiger partial charge in [0, 0.05) is 29.8 Å². The zero-order chi connectivity index (χ0) is 25.5. The summed E-state index contributed by atoms with van der Waals surface area (Å²) in [6, 6.07) is 13.2. The zero-order valence-corrected chi connectivity index (χ0v) is 20.5. The van der Waals surface area contributed by atoms with E-state index in [9.17, 15) is 19.2 Å².